The number of fused-ring (bicyclic) bond motifs is 1. The fourth-order valence-electron chi connectivity index (χ4n) is 5.85. The molecule has 0 radical (unpaired) electrons. The molecule has 5 rings (SSSR count). The largest absolute Gasteiger partial charge is 0.481 e. The smallest absolute Gasteiger partial charge is 0.338 e. The van der Waals surface area contributed by atoms with Gasteiger partial charge in [0.2, 0.25) is 0 Å². The van der Waals surface area contributed by atoms with Gasteiger partial charge >= 0.3 is 11.9 Å². The molecule has 0 spiro atoms. The van der Waals surface area contributed by atoms with Crippen molar-refractivity contribution < 1.29 is 46.6 Å². The Morgan fingerprint density at radius 2 is 2.07 bits per heavy atom. The lowest BCUT2D eigenvalue weighted by molar-refractivity contribution is -0.205. The molecule has 17 heteroatoms. The van der Waals surface area contributed by atoms with Crippen molar-refractivity contribution in [2.24, 2.45) is 10.4 Å². The summed E-state index contributed by atoms with van der Waals surface area (Å²) >= 11 is 7.43. The summed E-state index contributed by atoms with van der Waals surface area (Å²) in [5.74, 6) is -7.71. The van der Waals surface area contributed by atoms with Gasteiger partial charge < -0.3 is 19.9 Å². The van der Waals surface area contributed by atoms with Crippen LogP contribution in [0.5, 0.6) is 0 Å². The lowest BCUT2D eigenvalue weighted by Gasteiger charge is -2.34. The van der Waals surface area contributed by atoms with E-state index in [1.54, 1.807) is 12.3 Å². The number of aromatic nitrogens is 1. The standard InChI is InChI=1S/C29H32ClF4N5O6S/c1-5-44-26(40)19-16(36-24(25-35-8-9-46-25)37-22(19)14-6-7-15(31)21(32)20(14)30)10-38-13-29(33,34)23-17(38)12-45-39(23)11-18(43-4)28(2,3)27(41)42/h6-9,17-18,22-23H,5,10-13H2,1-4H3,(H,36,37)(H,41,42)/t17-,18-,22-,23+/m0/s1. The topological polar surface area (TPSA) is 126 Å². The molecule has 4 atom stereocenters. The van der Waals surface area contributed by atoms with Crippen LogP contribution >= 0.6 is 22.9 Å². The van der Waals surface area contributed by atoms with Crippen LogP contribution < -0.4 is 5.32 Å². The summed E-state index contributed by atoms with van der Waals surface area (Å²) < 4.78 is 70.9. The van der Waals surface area contributed by atoms with Crippen LogP contribution in [0.4, 0.5) is 17.6 Å². The SMILES string of the molecule is CCOC(=O)C1=C(CN2CC(F)(F)[C@H]3[C@@H]2CON3C[C@H](OC)C(C)(C)C(=O)O)NC(c2nccs2)=N[C@H]1c1ccc(F)c(F)c1Cl. The van der Waals surface area contributed by atoms with E-state index < -0.39 is 70.7 Å². The summed E-state index contributed by atoms with van der Waals surface area (Å²) in [6.07, 6.45) is 0.536. The number of amidine groups is 1. The van der Waals surface area contributed by atoms with Gasteiger partial charge in [0.25, 0.3) is 5.92 Å². The van der Waals surface area contributed by atoms with Crippen LogP contribution in [-0.4, -0.2) is 102 Å². The van der Waals surface area contributed by atoms with Gasteiger partial charge in [-0.25, -0.2) is 27.3 Å². The van der Waals surface area contributed by atoms with E-state index in [0.29, 0.717) is 5.01 Å². The number of alkyl halides is 2. The van der Waals surface area contributed by atoms with Crippen LogP contribution in [-0.2, 0) is 23.9 Å². The first-order valence-corrected chi connectivity index (χ1v) is 15.5. The summed E-state index contributed by atoms with van der Waals surface area (Å²) in [6, 6.07) is -1.59. The maximum atomic E-state index is 15.7. The van der Waals surface area contributed by atoms with Crippen LogP contribution in [0.3, 0.4) is 0 Å². The van der Waals surface area contributed by atoms with Gasteiger partial charge in [-0.2, -0.15) is 5.06 Å². The van der Waals surface area contributed by atoms with Gasteiger partial charge in [0.05, 0.1) is 54.5 Å². The minimum absolute atomic E-state index is 0.0386. The Balaban J connectivity index is 1.53. The van der Waals surface area contributed by atoms with E-state index in [0.717, 1.165) is 11.1 Å². The van der Waals surface area contributed by atoms with Crippen molar-refractivity contribution in [2.45, 2.75) is 50.9 Å². The highest BCUT2D eigenvalue weighted by Crippen LogP contribution is 2.43. The maximum Gasteiger partial charge on any atom is 0.338 e. The summed E-state index contributed by atoms with van der Waals surface area (Å²) in [6.45, 7) is 3.03. The molecule has 3 aliphatic rings. The lowest BCUT2D eigenvalue weighted by Crippen LogP contribution is -2.51. The number of aliphatic carboxylic acids is 1. The van der Waals surface area contributed by atoms with Crippen molar-refractivity contribution in [3.63, 3.8) is 0 Å². The molecule has 2 fully saturated rings. The number of likely N-dealkylation sites (tertiary alicyclic amines) is 1. The number of rotatable bonds is 11. The number of benzene rings is 1. The van der Waals surface area contributed by atoms with Crippen LogP contribution in [0, 0.1) is 17.0 Å². The first kappa shape index (κ1) is 34.2. The van der Waals surface area contributed by atoms with Gasteiger partial charge in [-0.3, -0.25) is 19.5 Å². The molecule has 2 N–H and O–H groups in total. The number of carboxylic acid groups (broad SMARTS) is 1. The second-order valence-electron chi connectivity index (χ2n) is 11.5. The summed E-state index contributed by atoms with van der Waals surface area (Å²) in [5.41, 5.74) is -1.44. The molecule has 46 heavy (non-hydrogen) atoms. The number of hydroxylamine groups is 2. The number of thiazole rings is 1. The number of nitrogens with zero attached hydrogens (tertiary/aromatic N) is 4. The maximum absolute atomic E-state index is 15.7. The fourth-order valence-corrected chi connectivity index (χ4v) is 6.70. The van der Waals surface area contributed by atoms with Gasteiger partial charge in [-0.1, -0.05) is 17.7 Å². The number of esters is 1. The molecular formula is C29H32ClF4N5O6S. The Morgan fingerprint density at radius 3 is 2.70 bits per heavy atom. The summed E-state index contributed by atoms with van der Waals surface area (Å²) in [7, 11) is 1.30. The van der Waals surface area contributed by atoms with Gasteiger partial charge in [0.1, 0.15) is 12.1 Å². The van der Waals surface area contributed by atoms with Gasteiger partial charge in [0, 0.05) is 36.5 Å². The van der Waals surface area contributed by atoms with E-state index in [-0.39, 0.29) is 49.0 Å². The number of carbonyl (C=O) groups is 2. The Labute approximate surface area is 270 Å². The number of halogens is 5. The van der Waals surface area contributed by atoms with Crippen LogP contribution in [0.2, 0.25) is 5.02 Å². The molecule has 0 aliphatic carbocycles. The zero-order valence-corrected chi connectivity index (χ0v) is 26.8. The minimum Gasteiger partial charge on any atom is -0.481 e. The van der Waals surface area contributed by atoms with Crippen molar-refractivity contribution in [2.75, 3.05) is 40.0 Å². The molecule has 2 aromatic rings. The van der Waals surface area contributed by atoms with Crippen LogP contribution in [0.25, 0.3) is 0 Å². The number of hydrogen-bond acceptors (Lipinski definition) is 11. The predicted molar refractivity (Wildman–Crippen MR) is 159 cm³/mol. The van der Waals surface area contributed by atoms with E-state index >= 15 is 8.78 Å². The Morgan fingerprint density at radius 1 is 1.33 bits per heavy atom. The second kappa shape index (κ2) is 13.2. The molecule has 0 unspecified atom stereocenters. The molecule has 1 aromatic heterocycles. The summed E-state index contributed by atoms with van der Waals surface area (Å²) in [5, 5.41) is 15.3. The van der Waals surface area contributed by atoms with Gasteiger partial charge in [-0.05, 0) is 26.8 Å². The lowest BCUT2D eigenvalue weighted by atomic mass is 9.86. The summed E-state index contributed by atoms with van der Waals surface area (Å²) in [4.78, 5) is 41.3. The van der Waals surface area contributed by atoms with Crippen LogP contribution in [0.15, 0.2) is 40.0 Å². The number of nitrogens with one attached hydrogen (secondary N) is 1. The van der Waals surface area contributed by atoms with E-state index in [1.807, 2.05) is 0 Å². The molecule has 2 saturated heterocycles. The Bertz CT molecular complexity index is 1560. The quantitative estimate of drug-likeness (QED) is 0.203. The molecular weight excluding hydrogens is 658 g/mol. The highest BCUT2D eigenvalue weighted by Gasteiger charge is 2.61. The normalized spacial score (nSPS) is 24.0. The predicted octanol–water partition coefficient (Wildman–Crippen LogP) is 4.04. The van der Waals surface area contributed by atoms with E-state index in [2.05, 4.69) is 15.3 Å². The monoisotopic (exact) mass is 689 g/mol. The van der Waals surface area contributed by atoms with E-state index in [1.165, 1.54) is 49.5 Å². The van der Waals surface area contributed by atoms with Crippen molar-refractivity contribution >= 4 is 40.7 Å². The minimum atomic E-state index is -3.32. The highest BCUT2D eigenvalue weighted by molar-refractivity contribution is 7.11. The molecule has 3 aliphatic heterocycles. The van der Waals surface area contributed by atoms with Gasteiger partial charge in [-0.15, -0.1) is 11.3 Å². The fraction of sp³-hybridized carbons (Fsp3) is 0.517. The number of hydrogen-bond donors (Lipinski definition) is 2. The first-order valence-electron chi connectivity index (χ1n) is 14.3. The van der Waals surface area contributed by atoms with Gasteiger partial charge in [0.15, 0.2) is 22.5 Å². The zero-order chi connectivity index (χ0) is 33.6. The highest BCUT2D eigenvalue weighted by atomic mass is 35.5. The third-order valence-electron chi connectivity index (χ3n) is 8.37. The molecule has 250 valence electrons. The molecule has 0 bridgehead atoms. The number of carbonyl (C=O) groups excluding carboxylic acids is 1. The van der Waals surface area contributed by atoms with Crippen molar-refractivity contribution in [3.05, 3.63) is 62.2 Å². The number of carboxylic acids is 1. The van der Waals surface area contributed by atoms with Crippen molar-refractivity contribution in [1.82, 2.24) is 20.3 Å². The van der Waals surface area contributed by atoms with E-state index in [9.17, 15) is 23.5 Å². The average molecular weight is 690 g/mol. The third-order valence-corrected chi connectivity index (χ3v) is 9.53. The molecule has 4 heterocycles. The molecule has 11 nitrogen and oxygen atoms in total. The number of ether oxygens (including phenoxy) is 2. The Kier molecular flexibility index (Phi) is 9.78. The van der Waals surface area contributed by atoms with Crippen molar-refractivity contribution in [1.29, 1.82) is 0 Å². The number of aliphatic imine (C=N–C) groups is 1. The second-order valence-corrected chi connectivity index (χ2v) is 12.8. The van der Waals surface area contributed by atoms with Crippen LogP contribution in [0.1, 0.15) is 37.4 Å². The van der Waals surface area contributed by atoms with E-state index in [4.69, 9.17) is 25.9 Å². The average Bonchev–Trinajstić information content (AvgIpc) is 3.73. The molecule has 1 aromatic carbocycles. The molecule has 0 saturated carbocycles. The number of methoxy groups -OCH3 is 1. The molecule has 0 amide bonds. The Hall–Kier alpha value is -3.15. The first-order chi connectivity index (χ1) is 21.7. The zero-order valence-electron chi connectivity index (χ0n) is 25.2. The third kappa shape index (κ3) is 6.25. The van der Waals surface area contributed by atoms with Crippen molar-refractivity contribution in [3.8, 4) is 0 Å².